The number of aryl methyl sites for hydroxylation is 1. The fraction of sp³-hybridized carbons (Fsp3) is 0.522. The zero-order valence-electron chi connectivity index (χ0n) is 17.3. The average Bonchev–Trinajstić information content (AvgIpc) is 3.49. The molecule has 7 heteroatoms. The minimum atomic E-state index is -0.119. The van der Waals surface area contributed by atoms with Crippen LogP contribution in [0.5, 0.6) is 0 Å². The second kappa shape index (κ2) is 7.87. The van der Waals surface area contributed by atoms with Gasteiger partial charge in [0.1, 0.15) is 5.69 Å². The van der Waals surface area contributed by atoms with Gasteiger partial charge >= 0.3 is 0 Å². The largest absolute Gasteiger partial charge is 0.381 e. The molecule has 3 fully saturated rings. The lowest BCUT2D eigenvalue weighted by Gasteiger charge is -2.39. The highest BCUT2D eigenvalue weighted by atomic mass is 16.5. The molecular weight excluding hydrogens is 380 g/mol. The molecular formula is C23H28N4O3. The molecule has 2 bridgehead atoms. The smallest absolute Gasteiger partial charge is 0.269 e. The molecule has 4 atom stereocenters. The van der Waals surface area contributed by atoms with Gasteiger partial charge in [-0.05, 0) is 44.1 Å². The van der Waals surface area contributed by atoms with Crippen molar-refractivity contribution in [2.75, 3.05) is 26.3 Å². The van der Waals surface area contributed by atoms with Crippen LogP contribution in [0.2, 0.25) is 0 Å². The molecule has 3 heterocycles. The summed E-state index contributed by atoms with van der Waals surface area (Å²) in [5, 5.41) is 10.4. The molecule has 158 valence electrons. The Balaban J connectivity index is 1.23. The number of fused-ring (bicyclic) bond motifs is 2. The Morgan fingerprint density at radius 3 is 2.53 bits per heavy atom. The lowest BCUT2D eigenvalue weighted by molar-refractivity contribution is -0.138. The van der Waals surface area contributed by atoms with Gasteiger partial charge in [0.25, 0.3) is 5.91 Å². The van der Waals surface area contributed by atoms with Crippen LogP contribution < -0.4 is 5.32 Å². The van der Waals surface area contributed by atoms with E-state index in [4.69, 9.17) is 4.74 Å². The maximum atomic E-state index is 12.9. The zero-order valence-corrected chi connectivity index (χ0v) is 17.3. The minimum absolute atomic E-state index is 0.0146. The first-order valence-corrected chi connectivity index (χ1v) is 10.9. The first-order valence-electron chi connectivity index (χ1n) is 10.9. The van der Waals surface area contributed by atoms with E-state index in [0.717, 1.165) is 43.6 Å². The monoisotopic (exact) mass is 408 g/mol. The Hall–Kier alpha value is -2.67. The molecule has 0 spiro atoms. The Kier molecular flexibility index (Phi) is 5.06. The molecule has 1 aliphatic carbocycles. The van der Waals surface area contributed by atoms with Crippen LogP contribution in [-0.4, -0.2) is 59.3 Å². The molecule has 2 unspecified atom stereocenters. The number of hydrogen-bond acceptors (Lipinski definition) is 4. The number of aromatic nitrogens is 2. The molecule has 2 amide bonds. The average molecular weight is 409 g/mol. The summed E-state index contributed by atoms with van der Waals surface area (Å²) in [4.78, 5) is 27.7. The van der Waals surface area contributed by atoms with E-state index in [-0.39, 0.29) is 23.8 Å². The molecule has 30 heavy (non-hydrogen) atoms. The van der Waals surface area contributed by atoms with E-state index in [1.165, 1.54) is 5.56 Å². The van der Waals surface area contributed by atoms with Crippen molar-refractivity contribution in [2.24, 2.45) is 17.8 Å². The van der Waals surface area contributed by atoms with Crippen LogP contribution in [0.25, 0.3) is 11.3 Å². The standard InChI is InChI=1S/C23H28N4O3/c1-14-2-4-15(5-3-14)19-10-20(26-25-19)22(28)24-21-16-6-7-17(21)12-27(11-16)23(29)18-8-9-30-13-18/h2-5,10,16-18,21H,6-9,11-13H2,1H3,(H,24,28)(H,25,26)/t16-,17+,18?,21?. The second-order valence-electron chi connectivity index (χ2n) is 8.93. The molecule has 3 aliphatic rings. The number of nitrogens with zero attached hydrogens (tertiary/aromatic N) is 2. The maximum Gasteiger partial charge on any atom is 0.269 e. The van der Waals surface area contributed by atoms with Crippen molar-refractivity contribution in [1.82, 2.24) is 20.4 Å². The van der Waals surface area contributed by atoms with Crippen LogP contribution in [0, 0.1) is 24.7 Å². The number of amides is 2. The Labute approximate surface area is 176 Å². The molecule has 7 nitrogen and oxygen atoms in total. The van der Waals surface area contributed by atoms with E-state index in [2.05, 4.69) is 15.5 Å². The first kappa shape index (κ1) is 19.3. The number of piperidine rings is 1. The van der Waals surface area contributed by atoms with Crippen molar-refractivity contribution in [3.8, 4) is 11.3 Å². The van der Waals surface area contributed by atoms with Crippen molar-refractivity contribution in [3.63, 3.8) is 0 Å². The number of hydrogen-bond donors (Lipinski definition) is 2. The predicted molar refractivity (Wildman–Crippen MR) is 112 cm³/mol. The number of aromatic amines is 1. The zero-order chi connectivity index (χ0) is 20.7. The quantitative estimate of drug-likeness (QED) is 0.813. The number of carbonyl (C=O) groups excluding carboxylic acids is 2. The highest BCUT2D eigenvalue weighted by Gasteiger charge is 2.45. The molecule has 5 rings (SSSR count). The number of carbonyl (C=O) groups is 2. The Morgan fingerprint density at radius 1 is 1.13 bits per heavy atom. The topological polar surface area (TPSA) is 87.3 Å². The molecule has 2 saturated heterocycles. The first-order chi connectivity index (χ1) is 14.6. The number of likely N-dealkylation sites (tertiary alicyclic amines) is 1. The third kappa shape index (κ3) is 3.62. The summed E-state index contributed by atoms with van der Waals surface area (Å²) in [6.45, 7) is 4.74. The van der Waals surface area contributed by atoms with Gasteiger partial charge in [0.15, 0.2) is 0 Å². The SMILES string of the molecule is Cc1ccc(-c2cc(C(=O)NC3[C@@H]4CC[C@H]3CN(C(=O)C3CCOC3)C4)[nH]n2)cc1. The summed E-state index contributed by atoms with van der Waals surface area (Å²) in [6, 6.07) is 10.0. The van der Waals surface area contributed by atoms with Crippen molar-refractivity contribution < 1.29 is 14.3 Å². The van der Waals surface area contributed by atoms with Gasteiger partial charge in [-0.3, -0.25) is 14.7 Å². The van der Waals surface area contributed by atoms with Gasteiger partial charge in [-0.2, -0.15) is 5.10 Å². The minimum Gasteiger partial charge on any atom is -0.381 e. The number of H-pyrrole nitrogens is 1. The van der Waals surface area contributed by atoms with Gasteiger partial charge in [0.2, 0.25) is 5.91 Å². The summed E-state index contributed by atoms with van der Waals surface area (Å²) in [7, 11) is 0. The highest BCUT2D eigenvalue weighted by molar-refractivity contribution is 5.93. The summed E-state index contributed by atoms with van der Waals surface area (Å²) < 4.78 is 5.39. The van der Waals surface area contributed by atoms with Crippen molar-refractivity contribution in [1.29, 1.82) is 0 Å². The fourth-order valence-electron chi connectivity index (χ4n) is 5.17. The van der Waals surface area contributed by atoms with Crippen molar-refractivity contribution in [3.05, 3.63) is 41.6 Å². The van der Waals surface area contributed by atoms with E-state index in [1.807, 2.05) is 36.1 Å². The van der Waals surface area contributed by atoms with Crippen LogP contribution in [0.1, 0.15) is 35.3 Å². The third-order valence-corrected chi connectivity index (χ3v) is 6.89. The van der Waals surface area contributed by atoms with E-state index < -0.39 is 0 Å². The summed E-state index contributed by atoms with van der Waals surface area (Å²) in [5.41, 5.74) is 3.42. The third-order valence-electron chi connectivity index (χ3n) is 6.89. The van der Waals surface area contributed by atoms with Crippen LogP contribution in [0.4, 0.5) is 0 Å². The van der Waals surface area contributed by atoms with Crippen LogP contribution in [-0.2, 0) is 9.53 Å². The van der Waals surface area contributed by atoms with E-state index in [9.17, 15) is 9.59 Å². The Bertz CT molecular complexity index is 918. The molecule has 1 aromatic heterocycles. The van der Waals surface area contributed by atoms with Crippen LogP contribution in [0.15, 0.2) is 30.3 Å². The van der Waals surface area contributed by atoms with Crippen molar-refractivity contribution >= 4 is 11.8 Å². The van der Waals surface area contributed by atoms with Gasteiger partial charge in [-0.15, -0.1) is 0 Å². The summed E-state index contributed by atoms with van der Waals surface area (Å²) in [5.74, 6) is 0.759. The van der Waals surface area contributed by atoms with Gasteiger partial charge in [0, 0.05) is 31.3 Å². The lowest BCUT2D eigenvalue weighted by Crippen LogP contribution is -2.55. The molecule has 1 saturated carbocycles. The molecule has 0 radical (unpaired) electrons. The molecule has 2 N–H and O–H groups in total. The number of benzene rings is 1. The second-order valence-corrected chi connectivity index (χ2v) is 8.93. The van der Waals surface area contributed by atoms with Gasteiger partial charge in [-0.25, -0.2) is 0 Å². The fourth-order valence-corrected chi connectivity index (χ4v) is 5.17. The number of ether oxygens (including phenoxy) is 1. The summed E-state index contributed by atoms with van der Waals surface area (Å²) >= 11 is 0. The molecule has 1 aromatic carbocycles. The number of nitrogens with one attached hydrogen (secondary N) is 2. The molecule has 2 aliphatic heterocycles. The van der Waals surface area contributed by atoms with Crippen LogP contribution >= 0.6 is 0 Å². The Morgan fingerprint density at radius 2 is 1.87 bits per heavy atom. The van der Waals surface area contributed by atoms with Gasteiger partial charge in [-0.1, -0.05) is 29.8 Å². The lowest BCUT2D eigenvalue weighted by atomic mass is 9.91. The number of rotatable bonds is 4. The van der Waals surface area contributed by atoms with Crippen molar-refractivity contribution in [2.45, 2.75) is 32.2 Å². The normalized spacial score (nSPS) is 28.0. The predicted octanol–water partition coefficient (Wildman–Crippen LogP) is 2.39. The maximum absolute atomic E-state index is 12.9. The molecule has 2 aromatic rings. The van der Waals surface area contributed by atoms with E-state index >= 15 is 0 Å². The van der Waals surface area contributed by atoms with E-state index in [0.29, 0.717) is 30.7 Å². The van der Waals surface area contributed by atoms with Gasteiger partial charge < -0.3 is 15.0 Å². The van der Waals surface area contributed by atoms with Gasteiger partial charge in [0.05, 0.1) is 18.2 Å². The highest BCUT2D eigenvalue weighted by Crippen LogP contribution is 2.38. The summed E-state index contributed by atoms with van der Waals surface area (Å²) in [6.07, 6.45) is 2.93. The van der Waals surface area contributed by atoms with E-state index in [1.54, 1.807) is 6.07 Å². The van der Waals surface area contributed by atoms with Crippen LogP contribution in [0.3, 0.4) is 0 Å².